The van der Waals surface area contributed by atoms with E-state index in [1.807, 2.05) is 4.90 Å². The van der Waals surface area contributed by atoms with Crippen molar-refractivity contribution < 1.29 is 19.1 Å². The average molecular weight is 399 g/mol. The molecule has 27 heavy (non-hydrogen) atoms. The number of esters is 1. The summed E-state index contributed by atoms with van der Waals surface area (Å²) in [6.45, 7) is 6.69. The predicted octanol–water partition coefficient (Wildman–Crippen LogP) is 2.19. The summed E-state index contributed by atoms with van der Waals surface area (Å²) in [7, 11) is 1.63. The lowest BCUT2D eigenvalue weighted by molar-refractivity contribution is -0.142. The van der Waals surface area contributed by atoms with Gasteiger partial charge in [0, 0.05) is 13.6 Å². The maximum Gasteiger partial charge on any atom is 0.325 e. The number of thioether (sulfide) groups is 1. The van der Waals surface area contributed by atoms with E-state index < -0.39 is 23.5 Å². The van der Waals surface area contributed by atoms with Crippen LogP contribution in [0.3, 0.4) is 0 Å². The van der Waals surface area contributed by atoms with Gasteiger partial charge in [0.15, 0.2) is 17.4 Å². The third kappa shape index (κ3) is 5.15. The Morgan fingerprint density at radius 1 is 1.26 bits per heavy atom. The molecule has 9 heteroatoms. The number of imide groups is 1. The monoisotopic (exact) mass is 398 g/mol. The summed E-state index contributed by atoms with van der Waals surface area (Å²) < 4.78 is 5.08. The lowest BCUT2D eigenvalue weighted by atomic mass is 10.1. The van der Waals surface area contributed by atoms with Crippen LogP contribution in [0.25, 0.3) is 0 Å². The number of nitrogens with zero attached hydrogens (tertiary/aromatic N) is 3. The molecule has 3 unspecified atom stereocenters. The average Bonchev–Trinajstić information content (AvgIpc) is 2.98. The van der Waals surface area contributed by atoms with E-state index in [-0.39, 0.29) is 11.9 Å². The van der Waals surface area contributed by atoms with Crippen molar-refractivity contribution in [3.63, 3.8) is 0 Å². The van der Waals surface area contributed by atoms with Crippen molar-refractivity contribution in [2.75, 3.05) is 20.2 Å². The topological polar surface area (TPSA) is 91.3 Å². The number of ether oxygens (including phenoxy) is 1. The van der Waals surface area contributed by atoms with Gasteiger partial charge < -0.3 is 14.5 Å². The van der Waals surface area contributed by atoms with Gasteiger partial charge in [-0.25, -0.2) is 9.79 Å². The van der Waals surface area contributed by atoms with Crippen LogP contribution in [0, 0.1) is 0 Å². The van der Waals surface area contributed by atoms with Crippen LogP contribution in [-0.4, -0.2) is 70.5 Å². The Morgan fingerprint density at radius 2 is 1.96 bits per heavy atom. The standard InChI is InChI=1S/C18H30N4O4S/c1-5-7-8-9-10-11-22-13-14(21(4)17(25)20-15(13)23)19-18(22)27-12(3)16(24)26-6-2/h12-14H,5-11H2,1-4H3,(H,20,23,25). The van der Waals surface area contributed by atoms with Gasteiger partial charge >= 0.3 is 12.0 Å². The van der Waals surface area contributed by atoms with Crippen molar-refractivity contribution in [3.05, 3.63) is 0 Å². The Labute approximate surface area is 165 Å². The molecule has 1 N–H and O–H groups in total. The lowest BCUT2D eigenvalue weighted by Gasteiger charge is -2.36. The molecule has 1 saturated heterocycles. The van der Waals surface area contributed by atoms with Crippen LogP contribution >= 0.6 is 11.8 Å². The minimum absolute atomic E-state index is 0.308. The van der Waals surface area contributed by atoms with E-state index in [1.165, 1.54) is 29.5 Å². The van der Waals surface area contributed by atoms with E-state index in [0.29, 0.717) is 18.3 Å². The van der Waals surface area contributed by atoms with Gasteiger partial charge in [0.1, 0.15) is 5.25 Å². The summed E-state index contributed by atoms with van der Waals surface area (Å²) in [4.78, 5) is 44.4. The van der Waals surface area contributed by atoms with Crippen LogP contribution in [0.4, 0.5) is 4.79 Å². The molecule has 2 heterocycles. The minimum Gasteiger partial charge on any atom is -0.465 e. The van der Waals surface area contributed by atoms with Crippen LogP contribution < -0.4 is 5.32 Å². The van der Waals surface area contributed by atoms with Crippen molar-refractivity contribution >= 4 is 34.8 Å². The molecule has 0 aromatic rings. The van der Waals surface area contributed by atoms with E-state index >= 15 is 0 Å². The maximum atomic E-state index is 12.5. The number of amides is 3. The number of urea groups is 1. The number of nitrogens with one attached hydrogen (secondary N) is 1. The Morgan fingerprint density at radius 3 is 2.63 bits per heavy atom. The van der Waals surface area contributed by atoms with Crippen molar-refractivity contribution in [3.8, 4) is 0 Å². The first-order valence-corrected chi connectivity index (χ1v) is 10.5. The summed E-state index contributed by atoms with van der Waals surface area (Å²) in [5.74, 6) is -0.642. The molecule has 0 bridgehead atoms. The molecule has 2 rings (SSSR count). The summed E-state index contributed by atoms with van der Waals surface area (Å²) >= 11 is 1.29. The quantitative estimate of drug-likeness (QED) is 0.473. The number of hydrogen-bond donors (Lipinski definition) is 1. The summed E-state index contributed by atoms with van der Waals surface area (Å²) in [5, 5.41) is 2.58. The Bertz CT molecular complexity index is 598. The molecule has 8 nitrogen and oxygen atoms in total. The highest BCUT2D eigenvalue weighted by Crippen LogP contribution is 2.31. The zero-order valence-electron chi connectivity index (χ0n) is 16.6. The second kappa shape index (κ2) is 9.96. The Kier molecular flexibility index (Phi) is 7.94. The summed E-state index contributed by atoms with van der Waals surface area (Å²) in [6.07, 6.45) is 4.97. The third-order valence-corrected chi connectivity index (χ3v) is 5.82. The first-order valence-electron chi connectivity index (χ1n) is 9.66. The minimum atomic E-state index is -0.557. The van der Waals surface area contributed by atoms with Gasteiger partial charge in [-0.3, -0.25) is 14.9 Å². The van der Waals surface area contributed by atoms with Crippen molar-refractivity contribution in [1.82, 2.24) is 15.1 Å². The largest absolute Gasteiger partial charge is 0.465 e. The first kappa shape index (κ1) is 21.5. The normalized spacial score (nSPS) is 23.0. The molecule has 0 aromatic carbocycles. The molecule has 152 valence electrons. The molecule has 3 atom stereocenters. The van der Waals surface area contributed by atoms with Crippen LogP contribution in [0.1, 0.15) is 52.9 Å². The highest BCUT2D eigenvalue weighted by Gasteiger charge is 2.48. The summed E-state index contributed by atoms with van der Waals surface area (Å²) in [6, 6.07) is -0.992. The third-order valence-electron chi connectivity index (χ3n) is 4.73. The van der Waals surface area contributed by atoms with Crippen molar-refractivity contribution in [2.45, 2.75) is 70.3 Å². The molecular formula is C18H30N4O4S. The number of fused-ring (bicyclic) bond motifs is 1. The molecule has 0 radical (unpaired) electrons. The van der Waals surface area contributed by atoms with Crippen LogP contribution in [-0.2, 0) is 14.3 Å². The number of amidine groups is 1. The first-order chi connectivity index (χ1) is 12.9. The van der Waals surface area contributed by atoms with E-state index in [1.54, 1.807) is 20.9 Å². The van der Waals surface area contributed by atoms with Crippen molar-refractivity contribution in [2.24, 2.45) is 4.99 Å². The molecular weight excluding hydrogens is 368 g/mol. The zero-order chi connectivity index (χ0) is 20.0. The molecule has 0 aromatic heterocycles. The van der Waals surface area contributed by atoms with E-state index in [4.69, 9.17) is 4.74 Å². The van der Waals surface area contributed by atoms with Gasteiger partial charge in [0.05, 0.1) is 6.61 Å². The number of carbonyl (C=O) groups excluding carboxylic acids is 3. The van der Waals surface area contributed by atoms with Gasteiger partial charge in [0.25, 0.3) is 5.91 Å². The molecule has 1 fully saturated rings. The van der Waals surface area contributed by atoms with Crippen molar-refractivity contribution in [1.29, 1.82) is 0 Å². The molecule has 2 aliphatic heterocycles. The Hall–Kier alpha value is -1.77. The highest BCUT2D eigenvalue weighted by atomic mass is 32.2. The van der Waals surface area contributed by atoms with Gasteiger partial charge in [-0.05, 0) is 20.3 Å². The fraction of sp³-hybridized carbons (Fsp3) is 0.778. The number of likely N-dealkylation sites (N-methyl/N-ethyl adjacent to an activating group) is 1. The van der Waals surface area contributed by atoms with Crippen LogP contribution in [0.5, 0.6) is 0 Å². The van der Waals surface area contributed by atoms with Gasteiger partial charge in [0.2, 0.25) is 0 Å². The number of hydrogen-bond acceptors (Lipinski definition) is 7. The van der Waals surface area contributed by atoms with Crippen LogP contribution in [0.15, 0.2) is 4.99 Å². The summed E-state index contributed by atoms with van der Waals surface area (Å²) in [5.41, 5.74) is 0. The number of rotatable bonds is 9. The number of carbonyl (C=O) groups is 3. The smallest absolute Gasteiger partial charge is 0.325 e. The van der Waals surface area contributed by atoms with E-state index in [9.17, 15) is 14.4 Å². The Balaban J connectivity index is 2.12. The predicted molar refractivity (Wildman–Crippen MR) is 105 cm³/mol. The van der Waals surface area contributed by atoms with Crippen LogP contribution in [0.2, 0.25) is 0 Å². The molecule has 2 aliphatic rings. The second-order valence-electron chi connectivity index (χ2n) is 6.80. The molecule has 0 spiro atoms. The molecule has 0 aliphatic carbocycles. The SMILES string of the molecule is CCCCCCCN1C(SC(C)C(=O)OCC)=NC2C1C(=O)NC(=O)N2C. The molecule has 0 saturated carbocycles. The fourth-order valence-corrected chi connectivity index (χ4v) is 4.17. The maximum absolute atomic E-state index is 12.5. The fourth-order valence-electron chi connectivity index (χ4n) is 3.19. The number of unbranched alkanes of at least 4 members (excludes halogenated alkanes) is 4. The second-order valence-corrected chi connectivity index (χ2v) is 8.10. The lowest BCUT2D eigenvalue weighted by Crippen LogP contribution is -2.63. The van der Waals surface area contributed by atoms with Gasteiger partial charge in [-0.1, -0.05) is 44.4 Å². The molecule has 3 amide bonds. The van der Waals surface area contributed by atoms with E-state index in [2.05, 4.69) is 17.2 Å². The highest BCUT2D eigenvalue weighted by molar-refractivity contribution is 8.14. The zero-order valence-corrected chi connectivity index (χ0v) is 17.4. The van der Waals surface area contributed by atoms with E-state index in [0.717, 1.165) is 19.3 Å². The van der Waals surface area contributed by atoms with Gasteiger partial charge in [-0.2, -0.15) is 0 Å². The van der Waals surface area contributed by atoms with Gasteiger partial charge in [-0.15, -0.1) is 0 Å². The number of aliphatic imine (C=N–C) groups is 1.